The quantitative estimate of drug-likeness (QED) is 0.689. The number of aryl methyl sites for hydroxylation is 1. The van der Waals surface area contributed by atoms with Crippen LogP contribution in [0.1, 0.15) is 33.5 Å². The Morgan fingerprint density at radius 2 is 1.92 bits per heavy atom. The minimum atomic E-state index is -0.434. The Hall–Kier alpha value is -3.55. The van der Waals surface area contributed by atoms with E-state index in [9.17, 15) is 9.59 Å². The van der Waals surface area contributed by atoms with E-state index in [1.165, 1.54) is 19.3 Å². The number of amides is 1. The number of aromatic nitrogens is 3. The molecule has 0 aliphatic heterocycles. The summed E-state index contributed by atoms with van der Waals surface area (Å²) >= 11 is 0. The summed E-state index contributed by atoms with van der Waals surface area (Å²) in [5, 5.41) is 9.33. The lowest BCUT2D eigenvalue weighted by atomic mass is 10.1. The fourth-order valence-corrected chi connectivity index (χ4v) is 2.12. The molecule has 0 aliphatic rings. The maximum Gasteiger partial charge on any atom is 0.275 e. The van der Waals surface area contributed by atoms with Crippen LogP contribution in [0.15, 0.2) is 47.2 Å². The first-order valence-corrected chi connectivity index (χ1v) is 7.46. The highest BCUT2D eigenvalue weighted by atomic mass is 16.5. The number of ketones is 1. The number of anilines is 3. The molecule has 0 aliphatic carbocycles. The summed E-state index contributed by atoms with van der Waals surface area (Å²) in [4.78, 5) is 31.7. The third kappa shape index (κ3) is 4.05. The van der Waals surface area contributed by atoms with E-state index in [1.807, 2.05) is 0 Å². The SMILES string of the molecule is CC(=O)c1cccc(Nc2cc(C(=O)Nc3cc(C)on3)ncn2)c1. The highest BCUT2D eigenvalue weighted by Crippen LogP contribution is 2.17. The molecule has 0 bridgehead atoms. The molecule has 1 amide bonds. The van der Waals surface area contributed by atoms with Gasteiger partial charge < -0.3 is 15.2 Å². The van der Waals surface area contributed by atoms with Gasteiger partial charge in [0, 0.05) is 23.4 Å². The van der Waals surface area contributed by atoms with Gasteiger partial charge in [0.05, 0.1) is 0 Å². The molecule has 0 saturated carbocycles. The van der Waals surface area contributed by atoms with Crippen LogP contribution in [0.4, 0.5) is 17.3 Å². The zero-order valence-electron chi connectivity index (χ0n) is 13.6. The highest BCUT2D eigenvalue weighted by molar-refractivity contribution is 6.02. The number of benzene rings is 1. The third-order valence-corrected chi connectivity index (χ3v) is 3.31. The average Bonchev–Trinajstić information content (AvgIpc) is 3.00. The molecule has 0 atom stereocenters. The lowest BCUT2D eigenvalue weighted by molar-refractivity contribution is 0.101. The standard InChI is InChI=1S/C17H15N5O3/c1-10-6-16(22-25-10)21-17(24)14-8-15(19-9-18-14)20-13-5-3-4-12(7-13)11(2)23/h3-9H,1-2H3,(H,18,19,20)(H,21,22,24). The minimum absolute atomic E-state index is 0.0330. The number of rotatable bonds is 5. The fourth-order valence-electron chi connectivity index (χ4n) is 2.12. The predicted molar refractivity (Wildman–Crippen MR) is 91.0 cm³/mol. The van der Waals surface area contributed by atoms with Crippen molar-refractivity contribution in [2.45, 2.75) is 13.8 Å². The largest absolute Gasteiger partial charge is 0.360 e. The first kappa shape index (κ1) is 16.3. The zero-order valence-corrected chi connectivity index (χ0v) is 13.6. The normalized spacial score (nSPS) is 10.3. The van der Waals surface area contributed by atoms with E-state index >= 15 is 0 Å². The number of nitrogens with zero attached hydrogens (tertiary/aromatic N) is 3. The molecule has 1 aromatic carbocycles. The number of hydrogen-bond acceptors (Lipinski definition) is 7. The summed E-state index contributed by atoms with van der Waals surface area (Å²) in [5.74, 6) is 0.859. The van der Waals surface area contributed by atoms with Crippen molar-refractivity contribution in [1.29, 1.82) is 0 Å². The topological polar surface area (TPSA) is 110 Å². The molecule has 0 fully saturated rings. The second-order valence-corrected chi connectivity index (χ2v) is 5.33. The first-order valence-electron chi connectivity index (χ1n) is 7.46. The van der Waals surface area contributed by atoms with Gasteiger partial charge in [-0.3, -0.25) is 9.59 Å². The van der Waals surface area contributed by atoms with Crippen molar-refractivity contribution in [2.75, 3.05) is 10.6 Å². The van der Waals surface area contributed by atoms with Gasteiger partial charge in [0.15, 0.2) is 11.6 Å². The minimum Gasteiger partial charge on any atom is -0.360 e. The molecule has 2 N–H and O–H groups in total. The molecular formula is C17H15N5O3. The molecule has 25 heavy (non-hydrogen) atoms. The summed E-state index contributed by atoms with van der Waals surface area (Å²) < 4.78 is 4.90. The van der Waals surface area contributed by atoms with E-state index in [2.05, 4.69) is 25.8 Å². The van der Waals surface area contributed by atoms with E-state index in [1.54, 1.807) is 37.3 Å². The fraction of sp³-hybridized carbons (Fsp3) is 0.118. The van der Waals surface area contributed by atoms with E-state index in [0.29, 0.717) is 28.6 Å². The molecular weight excluding hydrogens is 322 g/mol. The highest BCUT2D eigenvalue weighted by Gasteiger charge is 2.12. The van der Waals surface area contributed by atoms with Crippen LogP contribution in [0.3, 0.4) is 0 Å². The summed E-state index contributed by atoms with van der Waals surface area (Å²) in [5.41, 5.74) is 1.43. The first-order chi connectivity index (χ1) is 12.0. The molecule has 2 heterocycles. The van der Waals surface area contributed by atoms with E-state index < -0.39 is 5.91 Å². The lowest BCUT2D eigenvalue weighted by Gasteiger charge is -2.07. The van der Waals surface area contributed by atoms with Crippen molar-refractivity contribution < 1.29 is 14.1 Å². The van der Waals surface area contributed by atoms with Crippen molar-refractivity contribution in [2.24, 2.45) is 0 Å². The van der Waals surface area contributed by atoms with Crippen LogP contribution < -0.4 is 10.6 Å². The Kier molecular flexibility index (Phi) is 4.51. The smallest absolute Gasteiger partial charge is 0.275 e. The Labute approximate surface area is 143 Å². The average molecular weight is 337 g/mol. The number of nitrogens with one attached hydrogen (secondary N) is 2. The van der Waals surface area contributed by atoms with Crippen molar-refractivity contribution in [3.63, 3.8) is 0 Å². The van der Waals surface area contributed by atoms with Crippen molar-refractivity contribution in [3.8, 4) is 0 Å². The number of carbonyl (C=O) groups excluding carboxylic acids is 2. The molecule has 0 saturated heterocycles. The second-order valence-electron chi connectivity index (χ2n) is 5.33. The van der Waals surface area contributed by atoms with Crippen LogP contribution in [-0.2, 0) is 0 Å². The molecule has 0 radical (unpaired) electrons. The van der Waals surface area contributed by atoms with Crippen LogP contribution in [-0.4, -0.2) is 26.8 Å². The van der Waals surface area contributed by atoms with Crippen LogP contribution >= 0.6 is 0 Å². The molecule has 0 unspecified atom stereocenters. The van der Waals surface area contributed by atoms with Gasteiger partial charge in [0.2, 0.25) is 0 Å². The number of carbonyl (C=O) groups is 2. The Bertz CT molecular complexity index is 935. The van der Waals surface area contributed by atoms with Gasteiger partial charge in [-0.1, -0.05) is 17.3 Å². The van der Waals surface area contributed by atoms with Gasteiger partial charge in [-0.2, -0.15) is 0 Å². The molecule has 0 spiro atoms. The van der Waals surface area contributed by atoms with Crippen molar-refractivity contribution >= 4 is 29.0 Å². The monoisotopic (exact) mass is 337 g/mol. The van der Waals surface area contributed by atoms with Gasteiger partial charge in [-0.25, -0.2) is 9.97 Å². The number of Topliss-reactive ketones (excluding diaryl/α,β-unsaturated/α-hetero) is 1. The van der Waals surface area contributed by atoms with Crippen LogP contribution in [0.2, 0.25) is 0 Å². The molecule has 8 heteroatoms. The van der Waals surface area contributed by atoms with Gasteiger partial charge in [-0.05, 0) is 26.0 Å². The van der Waals surface area contributed by atoms with Crippen molar-refractivity contribution in [1.82, 2.24) is 15.1 Å². The molecule has 3 rings (SSSR count). The summed E-state index contributed by atoms with van der Waals surface area (Å²) in [6, 6.07) is 10.1. The van der Waals surface area contributed by atoms with Gasteiger partial charge in [-0.15, -0.1) is 0 Å². The maximum atomic E-state index is 12.2. The molecule has 2 aromatic heterocycles. The van der Waals surface area contributed by atoms with Gasteiger partial charge >= 0.3 is 0 Å². The molecule has 126 valence electrons. The lowest BCUT2D eigenvalue weighted by Crippen LogP contribution is -2.14. The summed E-state index contributed by atoms with van der Waals surface area (Å²) in [6.45, 7) is 3.22. The van der Waals surface area contributed by atoms with Crippen LogP contribution in [0.5, 0.6) is 0 Å². The van der Waals surface area contributed by atoms with Crippen LogP contribution in [0, 0.1) is 6.92 Å². The summed E-state index contributed by atoms with van der Waals surface area (Å²) in [6.07, 6.45) is 1.28. The number of hydrogen-bond donors (Lipinski definition) is 2. The Morgan fingerprint density at radius 3 is 2.64 bits per heavy atom. The van der Waals surface area contributed by atoms with Gasteiger partial charge in [0.1, 0.15) is 23.6 Å². The predicted octanol–water partition coefficient (Wildman–Crippen LogP) is 2.97. The van der Waals surface area contributed by atoms with E-state index in [4.69, 9.17) is 4.52 Å². The van der Waals surface area contributed by atoms with Crippen molar-refractivity contribution in [3.05, 3.63) is 59.7 Å². The van der Waals surface area contributed by atoms with Gasteiger partial charge in [0.25, 0.3) is 5.91 Å². The second kappa shape index (κ2) is 6.91. The molecule has 8 nitrogen and oxygen atoms in total. The van der Waals surface area contributed by atoms with Crippen LogP contribution in [0.25, 0.3) is 0 Å². The Balaban J connectivity index is 1.76. The zero-order chi connectivity index (χ0) is 17.8. The maximum absolute atomic E-state index is 12.2. The van der Waals surface area contributed by atoms with E-state index in [-0.39, 0.29) is 11.5 Å². The van der Waals surface area contributed by atoms with E-state index in [0.717, 1.165) is 0 Å². The third-order valence-electron chi connectivity index (χ3n) is 3.31. The molecule has 3 aromatic rings. The summed E-state index contributed by atoms with van der Waals surface area (Å²) in [7, 11) is 0. The Morgan fingerprint density at radius 1 is 1.08 bits per heavy atom.